The maximum absolute atomic E-state index is 13.1. The molecule has 0 radical (unpaired) electrons. The molecule has 1 aromatic heterocycles. The highest BCUT2D eigenvalue weighted by molar-refractivity contribution is 7.16. The Labute approximate surface area is 162 Å². The van der Waals surface area contributed by atoms with Crippen molar-refractivity contribution in [1.82, 2.24) is 4.98 Å². The molecule has 6 heteroatoms. The highest BCUT2D eigenvalue weighted by Gasteiger charge is 2.19. The molecule has 0 atom stereocenters. The number of hydrogen-bond acceptors (Lipinski definition) is 5. The summed E-state index contributed by atoms with van der Waals surface area (Å²) in [5.74, 6) is -0.243. The van der Waals surface area contributed by atoms with Crippen LogP contribution in [0.3, 0.4) is 0 Å². The molecule has 2 aromatic carbocycles. The zero-order valence-corrected chi connectivity index (χ0v) is 15.8. The van der Waals surface area contributed by atoms with Gasteiger partial charge in [-0.25, -0.2) is 4.98 Å². The number of thiazole rings is 1. The van der Waals surface area contributed by atoms with E-state index in [-0.39, 0.29) is 5.91 Å². The topological polar surface area (TPSA) is 77.8 Å². The van der Waals surface area contributed by atoms with Crippen LogP contribution in [0.2, 0.25) is 0 Å². The molecule has 0 spiro atoms. The summed E-state index contributed by atoms with van der Waals surface area (Å²) in [6.07, 6.45) is 3.56. The normalized spacial score (nSPS) is 10.2. The minimum Gasteiger partial charge on any atom is -0.384 e. The van der Waals surface area contributed by atoms with Crippen molar-refractivity contribution in [3.05, 3.63) is 65.2 Å². The number of hydrogen-bond donors (Lipinski definition) is 2. The van der Waals surface area contributed by atoms with Gasteiger partial charge in [-0.2, -0.15) is 5.26 Å². The number of carbonyl (C=O) groups is 1. The second-order valence-corrected chi connectivity index (χ2v) is 7.00. The minimum atomic E-state index is -0.243. The Morgan fingerprint density at radius 3 is 2.70 bits per heavy atom. The van der Waals surface area contributed by atoms with Crippen LogP contribution >= 0.6 is 11.3 Å². The maximum Gasteiger partial charge on any atom is 0.260 e. The van der Waals surface area contributed by atoms with Crippen molar-refractivity contribution >= 4 is 28.1 Å². The minimum absolute atomic E-state index is 0.243. The predicted octanol–water partition coefficient (Wildman–Crippen LogP) is 5.15. The summed E-state index contributed by atoms with van der Waals surface area (Å²) in [4.78, 5) is 17.7. The van der Waals surface area contributed by atoms with Gasteiger partial charge >= 0.3 is 0 Å². The Balaban J connectivity index is 1.98. The van der Waals surface area contributed by atoms with Gasteiger partial charge in [0, 0.05) is 12.2 Å². The van der Waals surface area contributed by atoms with E-state index in [1.54, 1.807) is 0 Å². The van der Waals surface area contributed by atoms with E-state index in [2.05, 4.69) is 22.5 Å². The van der Waals surface area contributed by atoms with E-state index >= 15 is 0 Å². The second-order valence-electron chi connectivity index (χ2n) is 5.97. The second kappa shape index (κ2) is 8.97. The van der Waals surface area contributed by atoms with Crippen molar-refractivity contribution in [3.8, 4) is 17.2 Å². The first kappa shape index (κ1) is 18.6. The number of carbonyl (C=O) groups excluding carboxylic acids is 1. The first-order chi connectivity index (χ1) is 13.2. The molecule has 27 heavy (non-hydrogen) atoms. The molecule has 2 N–H and O–H groups in total. The lowest BCUT2D eigenvalue weighted by atomic mass is 9.97. The molecule has 0 aliphatic heterocycles. The molecule has 0 aliphatic carbocycles. The Hall–Kier alpha value is -3.17. The van der Waals surface area contributed by atoms with Gasteiger partial charge in [0.15, 0.2) is 5.13 Å². The summed E-state index contributed by atoms with van der Waals surface area (Å²) in [6, 6.07) is 17.7. The number of unbranched alkanes of at least 4 members (excludes halogenated alkanes) is 1. The van der Waals surface area contributed by atoms with Crippen molar-refractivity contribution in [2.75, 3.05) is 17.2 Å². The van der Waals surface area contributed by atoms with E-state index in [1.807, 2.05) is 54.6 Å². The predicted molar refractivity (Wildman–Crippen MR) is 110 cm³/mol. The largest absolute Gasteiger partial charge is 0.384 e. The number of nitrogens with one attached hydrogen (secondary N) is 2. The highest BCUT2D eigenvalue weighted by atomic mass is 32.1. The molecule has 136 valence electrons. The summed E-state index contributed by atoms with van der Waals surface area (Å²) in [6.45, 7) is 2.93. The fourth-order valence-corrected chi connectivity index (χ4v) is 3.35. The molecule has 0 bridgehead atoms. The third kappa shape index (κ3) is 4.52. The molecule has 0 unspecified atom stereocenters. The summed E-state index contributed by atoms with van der Waals surface area (Å²) < 4.78 is 0. The van der Waals surface area contributed by atoms with Crippen molar-refractivity contribution in [2.24, 2.45) is 0 Å². The van der Waals surface area contributed by atoms with Crippen molar-refractivity contribution in [2.45, 2.75) is 19.8 Å². The monoisotopic (exact) mass is 376 g/mol. The molecule has 1 heterocycles. The lowest BCUT2D eigenvalue weighted by Gasteiger charge is -2.16. The van der Waals surface area contributed by atoms with Gasteiger partial charge in [0.05, 0.1) is 11.8 Å². The maximum atomic E-state index is 13.1. The zero-order chi connectivity index (χ0) is 19.1. The number of nitriles is 1. The van der Waals surface area contributed by atoms with Crippen molar-refractivity contribution in [3.63, 3.8) is 0 Å². The van der Waals surface area contributed by atoms with Crippen LogP contribution in [-0.4, -0.2) is 17.4 Å². The number of anilines is 2. The zero-order valence-electron chi connectivity index (χ0n) is 15.0. The third-order valence-corrected chi connectivity index (χ3v) is 4.88. The number of benzene rings is 2. The van der Waals surface area contributed by atoms with Gasteiger partial charge in [-0.3, -0.25) is 10.1 Å². The molecule has 5 nitrogen and oxygen atoms in total. The fraction of sp³-hybridized carbons (Fsp3) is 0.190. The number of nitrogens with zero attached hydrogens (tertiary/aromatic N) is 2. The average Bonchev–Trinajstić information content (AvgIpc) is 3.16. The first-order valence-corrected chi connectivity index (χ1v) is 9.64. The summed E-state index contributed by atoms with van der Waals surface area (Å²) in [7, 11) is 0. The van der Waals surface area contributed by atoms with E-state index in [4.69, 9.17) is 5.26 Å². The van der Waals surface area contributed by atoms with Crippen LogP contribution in [0, 0.1) is 11.3 Å². The van der Waals surface area contributed by atoms with E-state index < -0.39 is 0 Å². The van der Waals surface area contributed by atoms with E-state index in [0.29, 0.717) is 15.6 Å². The Bertz CT molecular complexity index is 960. The van der Waals surface area contributed by atoms with Gasteiger partial charge in [-0.05, 0) is 23.6 Å². The summed E-state index contributed by atoms with van der Waals surface area (Å²) >= 11 is 1.16. The number of aromatic nitrogens is 1. The summed E-state index contributed by atoms with van der Waals surface area (Å²) in [5.41, 5.74) is 3.19. The average molecular weight is 376 g/mol. The molecule has 0 saturated heterocycles. The van der Waals surface area contributed by atoms with Crippen LogP contribution < -0.4 is 10.6 Å². The SMILES string of the molecule is CCCCNc1cccc(-c2ccccc2)c1C(=O)Nc1ncc(C#N)s1. The van der Waals surface area contributed by atoms with Crippen LogP contribution in [0.4, 0.5) is 10.8 Å². The van der Waals surface area contributed by atoms with Gasteiger partial charge in [0.2, 0.25) is 0 Å². The third-order valence-electron chi connectivity index (χ3n) is 4.06. The van der Waals surface area contributed by atoms with Crippen LogP contribution in [0.25, 0.3) is 11.1 Å². The van der Waals surface area contributed by atoms with Gasteiger partial charge in [-0.1, -0.05) is 67.1 Å². The lowest BCUT2D eigenvalue weighted by Crippen LogP contribution is -2.16. The quantitative estimate of drug-likeness (QED) is 0.559. The van der Waals surface area contributed by atoms with Crippen molar-refractivity contribution < 1.29 is 4.79 Å². The molecule has 1 amide bonds. The number of rotatable bonds is 7. The molecule has 0 saturated carbocycles. The molecule has 0 fully saturated rings. The van der Waals surface area contributed by atoms with Crippen LogP contribution in [0.5, 0.6) is 0 Å². The van der Waals surface area contributed by atoms with E-state index in [1.165, 1.54) is 6.20 Å². The van der Waals surface area contributed by atoms with Gasteiger partial charge in [0.1, 0.15) is 10.9 Å². The molecule has 0 aliphatic rings. The molecular formula is C21H20N4OS. The highest BCUT2D eigenvalue weighted by Crippen LogP contribution is 2.30. The number of amides is 1. The van der Waals surface area contributed by atoms with E-state index in [9.17, 15) is 4.79 Å². The van der Waals surface area contributed by atoms with E-state index in [0.717, 1.165) is 47.5 Å². The molecule has 3 rings (SSSR count). The standard InChI is InChI=1S/C21H20N4OS/c1-2-3-12-23-18-11-7-10-17(15-8-5-4-6-9-15)19(18)20(26)25-21-24-14-16(13-22)27-21/h4-11,14,23H,2-3,12H2,1H3,(H,24,25,26). The summed E-state index contributed by atoms with van der Waals surface area (Å²) in [5, 5.41) is 15.6. The van der Waals surface area contributed by atoms with Gasteiger partial charge < -0.3 is 5.32 Å². The van der Waals surface area contributed by atoms with Crippen LogP contribution in [0.15, 0.2) is 54.7 Å². The van der Waals surface area contributed by atoms with Gasteiger partial charge in [-0.15, -0.1) is 0 Å². The van der Waals surface area contributed by atoms with Crippen LogP contribution in [-0.2, 0) is 0 Å². The first-order valence-electron chi connectivity index (χ1n) is 8.82. The van der Waals surface area contributed by atoms with Crippen LogP contribution in [0.1, 0.15) is 35.0 Å². The van der Waals surface area contributed by atoms with Crippen molar-refractivity contribution in [1.29, 1.82) is 5.26 Å². The lowest BCUT2D eigenvalue weighted by molar-refractivity contribution is 0.102. The smallest absolute Gasteiger partial charge is 0.260 e. The van der Waals surface area contributed by atoms with Gasteiger partial charge in [0.25, 0.3) is 5.91 Å². The Kier molecular flexibility index (Phi) is 6.18. The Morgan fingerprint density at radius 2 is 2.00 bits per heavy atom. The molecule has 3 aromatic rings. The fourth-order valence-electron chi connectivity index (χ4n) is 2.75. The molecular weight excluding hydrogens is 356 g/mol. The Morgan fingerprint density at radius 1 is 1.19 bits per heavy atom.